The number of hydrogen-bond donors (Lipinski definition) is 1. The molecule has 2 atom stereocenters. The first-order valence-electron chi connectivity index (χ1n) is 9.77. The van der Waals surface area contributed by atoms with Crippen molar-refractivity contribution in [1.29, 1.82) is 0 Å². The molecule has 2 unspecified atom stereocenters. The minimum Gasteiger partial charge on any atom is -0.464 e. The molecule has 0 aromatic carbocycles. The third kappa shape index (κ3) is 12.5. The number of carbonyl (C=O) groups excluding carboxylic acids is 2. The molecule has 146 valence electrons. The van der Waals surface area contributed by atoms with Crippen LogP contribution in [0, 0.1) is 5.92 Å². The summed E-state index contributed by atoms with van der Waals surface area (Å²) in [7, 11) is 0. The average molecular weight is 356 g/mol. The van der Waals surface area contributed by atoms with Gasteiger partial charge in [0.25, 0.3) is 0 Å². The number of esters is 1. The van der Waals surface area contributed by atoms with E-state index in [1.54, 1.807) is 6.92 Å². The molecule has 0 rings (SSSR count). The highest BCUT2D eigenvalue weighted by molar-refractivity contribution is 5.81. The molecule has 0 radical (unpaired) electrons. The first-order valence-corrected chi connectivity index (χ1v) is 9.77. The molecule has 5 heteroatoms. The number of allylic oxidation sites excluding steroid dienone is 1. The number of nitrogens with one attached hydrogen (secondary N) is 1. The Hall–Kier alpha value is -1.52. The van der Waals surface area contributed by atoms with Gasteiger partial charge in [0.2, 0.25) is 0 Å². The van der Waals surface area contributed by atoms with Gasteiger partial charge in [-0.2, -0.15) is 0 Å². The van der Waals surface area contributed by atoms with Gasteiger partial charge >= 0.3 is 12.1 Å². The number of rotatable bonds is 15. The van der Waals surface area contributed by atoms with Crippen molar-refractivity contribution in [2.24, 2.45) is 5.92 Å². The number of unbranched alkanes of at least 4 members (excludes halogenated alkanes) is 7. The maximum atomic E-state index is 12.2. The molecule has 0 saturated heterocycles. The Morgan fingerprint density at radius 3 is 2.16 bits per heavy atom. The van der Waals surface area contributed by atoms with E-state index in [9.17, 15) is 9.59 Å². The highest BCUT2D eigenvalue weighted by atomic mass is 16.6. The van der Waals surface area contributed by atoms with Crippen LogP contribution in [-0.4, -0.2) is 31.3 Å². The fourth-order valence-corrected chi connectivity index (χ4v) is 2.51. The van der Waals surface area contributed by atoms with Crippen LogP contribution in [0.2, 0.25) is 0 Å². The normalized spacial score (nSPS) is 12.9. The summed E-state index contributed by atoms with van der Waals surface area (Å²) in [4.78, 5) is 23.8. The quantitative estimate of drug-likeness (QED) is 0.255. The predicted molar refractivity (Wildman–Crippen MR) is 101 cm³/mol. The number of ether oxygens (including phenoxy) is 2. The molecule has 0 aromatic rings. The van der Waals surface area contributed by atoms with Crippen LogP contribution in [0.4, 0.5) is 4.79 Å². The fraction of sp³-hybridized carbons (Fsp3) is 0.800. The van der Waals surface area contributed by atoms with Gasteiger partial charge in [0.15, 0.2) is 0 Å². The van der Waals surface area contributed by atoms with Gasteiger partial charge in [-0.1, -0.05) is 58.4 Å². The number of amides is 1. The smallest absolute Gasteiger partial charge is 0.407 e. The summed E-state index contributed by atoms with van der Waals surface area (Å²) in [5, 5.41) is 2.61. The largest absolute Gasteiger partial charge is 0.464 e. The van der Waals surface area contributed by atoms with E-state index in [4.69, 9.17) is 9.47 Å². The Kier molecular flexibility index (Phi) is 15.0. The summed E-state index contributed by atoms with van der Waals surface area (Å²) in [5.74, 6) is -0.362. The van der Waals surface area contributed by atoms with Crippen LogP contribution in [0.5, 0.6) is 0 Å². The molecule has 0 spiro atoms. The summed E-state index contributed by atoms with van der Waals surface area (Å²) >= 11 is 0. The van der Waals surface area contributed by atoms with Gasteiger partial charge in [0.05, 0.1) is 13.2 Å². The molecular formula is C20H37NO4. The SMILES string of the molecule is C=CCCCCCCCCCOC(=O)C(NC(=O)OCC)C(C)CC. The second kappa shape index (κ2) is 16.0. The van der Waals surface area contributed by atoms with Crippen molar-refractivity contribution >= 4 is 12.1 Å². The second-order valence-corrected chi connectivity index (χ2v) is 6.45. The van der Waals surface area contributed by atoms with E-state index in [0.29, 0.717) is 6.61 Å². The van der Waals surface area contributed by atoms with Crippen LogP contribution < -0.4 is 5.32 Å². The molecule has 5 nitrogen and oxygen atoms in total. The maximum absolute atomic E-state index is 12.2. The highest BCUT2D eigenvalue weighted by Crippen LogP contribution is 2.12. The number of hydrogen-bond acceptors (Lipinski definition) is 4. The Morgan fingerprint density at radius 1 is 1.00 bits per heavy atom. The molecule has 0 aliphatic carbocycles. The molecule has 0 aliphatic rings. The fourth-order valence-electron chi connectivity index (χ4n) is 2.51. The van der Waals surface area contributed by atoms with Crippen molar-refractivity contribution in [3.05, 3.63) is 12.7 Å². The van der Waals surface area contributed by atoms with Gasteiger partial charge in [-0.15, -0.1) is 6.58 Å². The number of carbonyl (C=O) groups is 2. The Balaban J connectivity index is 3.90. The zero-order valence-corrected chi connectivity index (χ0v) is 16.4. The molecule has 0 heterocycles. The van der Waals surface area contributed by atoms with Gasteiger partial charge in [0.1, 0.15) is 6.04 Å². The lowest BCUT2D eigenvalue weighted by Gasteiger charge is -2.22. The standard InChI is InChI=1S/C20H37NO4/c1-5-8-9-10-11-12-13-14-15-16-25-19(22)18(17(4)6-2)21-20(23)24-7-3/h5,17-18H,1,6-16H2,2-4H3,(H,21,23). The van der Waals surface area contributed by atoms with Gasteiger partial charge in [-0.3, -0.25) is 0 Å². The first-order chi connectivity index (χ1) is 12.1. The molecule has 0 bridgehead atoms. The summed E-state index contributed by atoms with van der Waals surface area (Å²) in [5.41, 5.74) is 0. The summed E-state index contributed by atoms with van der Waals surface area (Å²) in [6.07, 6.45) is 11.4. The summed E-state index contributed by atoms with van der Waals surface area (Å²) in [6.45, 7) is 10.0. The summed E-state index contributed by atoms with van der Waals surface area (Å²) in [6, 6.07) is -0.645. The lowest BCUT2D eigenvalue weighted by molar-refractivity contribution is -0.147. The average Bonchev–Trinajstić information content (AvgIpc) is 2.60. The third-order valence-electron chi connectivity index (χ3n) is 4.31. The molecule has 0 aliphatic heterocycles. The van der Waals surface area contributed by atoms with Crippen molar-refractivity contribution in [3.8, 4) is 0 Å². The van der Waals surface area contributed by atoms with Crippen LogP contribution in [0.15, 0.2) is 12.7 Å². The lowest BCUT2D eigenvalue weighted by Crippen LogP contribution is -2.46. The third-order valence-corrected chi connectivity index (χ3v) is 4.31. The molecule has 0 saturated carbocycles. The van der Waals surface area contributed by atoms with E-state index in [-0.39, 0.29) is 18.5 Å². The van der Waals surface area contributed by atoms with E-state index in [0.717, 1.165) is 25.7 Å². The van der Waals surface area contributed by atoms with Crippen molar-refractivity contribution in [1.82, 2.24) is 5.32 Å². The van der Waals surface area contributed by atoms with Crippen LogP contribution >= 0.6 is 0 Å². The van der Waals surface area contributed by atoms with Crippen LogP contribution in [-0.2, 0) is 14.3 Å². The molecule has 0 aromatic heterocycles. The van der Waals surface area contributed by atoms with E-state index in [1.165, 1.54) is 32.1 Å². The van der Waals surface area contributed by atoms with Gasteiger partial charge < -0.3 is 14.8 Å². The zero-order valence-electron chi connectivity index (χ0n) is 16.4. The van der Waals surface area contributed by atoms with E-state index in [2.05, 4.69) is 11.9 Å². The molecule has 0 fully saturated rings. The highest BCUT2D eigenvalue weighted by Gasteiger charge is 2.27. The molecule has 1 N–H and O–H groups in total. The van der Waals surface area contributed by atoms with Crippen LogP contribution in [0.3, 0.4) is 0 Å². The molecule has 1 amide bonds. The van der Waals surface area contributed by atoms with Crippen LogP contribution in [0.25, 0.3) is 0 Å². The minimum absolute atomic E-state index is 0.00692. The van der Waals surface area contributed by atoms with Crippen molar-refractivity contribution in [2.45, 2.75) is 84.6 Å². The van der Waals surface area contributed by atoms with Crippen LogP contribution in [0.1, 0.15) is 78.6 Å². The lowest BCUT2D eigenvalue weighted by atomic mass is 9.99. The minimum atomic E-state index is -0.645. The topological polar surface area (TPSA) is 64.6 Å². The Morgan fingerprint density at radius 2 is 1.60 bits per heavy atom. The Bertz CT molecular complexity index is 371. The monoisotopic (exact) mass is 355 g/mol. The molecular weight excluding hydrogens is 318 g/mol. The van der Waals surface area contributed by atoms with Crippen molar-refractivity contribution < 1.29 is 19.1 Å². The Labute approximate surface area is 153 Å². The predicted octanol–water partition coefficient (Wildman–Crippen LogP) is 5.00. The first kappa shape index (κ1) is 23.5. The second-order valence-electron chi connectivity index (χ2n) is 6.45. The van der Waals surface area contributed by atoms with E-state index in [1.807, 2.05) is 19.9 Å². The summed E-state index contributed by atoms with van der Waals surface area (Å²) < 4.78 is 10.2. The van der Waals surface area contributed by atoms with Crippen molar-refractivity contribution in [3.63, 3.8) is 0 Å². The van der Waals surface area contributed by atoms with Gasteiger partial charge in [-0.25, -0.2) is 9.59 Å². The number of alkyl carbamates (subject to hydrolysis) is 1. The van der Waals surface area contributed by atoms with Crippen molar-refractivity contribution in [2.75, 3.05) is 13.2 Å². The maximum Gasteiger partial charge on any atom is 0.407 e. The molecule has 25 heavy (non-hydrogen) atoms. The van der Waals surface area contributed by atoms with E-state index < -0.39 is 12.1 Å². The van der Waals surface area contributed by atoms with Gasteiger partial charge in [-0.05, 0) is 32.1 Å². The van der Waals surface area contributed by atoms with E-state index >= 15 is 0 Å². The zero-order chi connectivity index (χ0) is 18.9. The van der Waals surface area contributed by atoms with Gasteiger partial charge in [0, 0.05) is 0 Å².